The highest BCUT2D eigenvalue weighted by atomic mass is 16.5. The van der Waals surface area contributed by atoms with E-state index < -0.39 is 0 Å². The second kappa shape index (κ2) is 13.9. The molecule has 6 nitrogen and oxygen atoms in total. The number of anilines is 2. The summed E-state index contributed by atoms with van der Waals surface area (Å²) in [5, 5.41) is 28.0. The summed E-state index contributed by atoms with van der Waals surface area (Å²) >= 11 is 0. The molecule has 0 bridgehead atoms. The van der Waals surface area contributed by atoms with Crippen molar-refractivity contribution in [2.45, 2.75) is 38.8 Å². The number of hydrogen-bond acceptors (Lipinski definition) is 6. The number of phenolic OH excluding ortho intramolecular Hbond substituents is 2. The van der Waals surface area contributed by atoms with Gasteiger partial charge >= 0.3 is 0 Å². The van der Waals surface area contributed by atoms with Crippen LogP contribution in [0, 0.1) is 24.7 Å². The van der Waals surface area contributed by atoms with Gasteiger partial charge in [0.25, 0.3) is 0 Å². The highest BCUT2D eigenvalue weighted by Crippen LogP contribution is 2.39. The van der Waals surface area contributed by atoms with Gasteiger partial charge in [-0.15, -0.1) is 12.8 Å². The summed E-state index contributed by atoms with van der Waals surface area (Å²) in [6, 6.07) is 26.6. The van der Waals surface area contributed by atoms with E-state index >= 15 is 0 Å². The molecular weight excluding hydrogens is 524 g/mol. The molecule has 4 aromatic rings. The molecule has 4 aromatic carbocycles. The van der Waals surface area contributed by atoms with Gasteiger partial charge in [0, 0.05) is 41.0 Å². The Morgan fingerprint density at radius 1 is 0.667 bits per heavy atom. The Morgan fingerprint density at radius 2 is 1.07 bits per heavy atom. The topological polar surface area (TPSA) is 83.0 Å². The van der Waals surface area contributed by atoms with Crippen molar-refractivity contribution in [3.8, 4) is 47.7 Å². The second-order valence-corrected chi connectivity index (χ2v) is 10.1. The summed E-state index contributed by atoms with van der Waals surface area (Å²) < 4.78 is 10.9. The normalized spacial score (nSPS) is 10.8. The molecule has 0 saturated carbocycles. The largest absolute Gasteiger partial charge is 0.508 e. The summed E-state index contributed by atoms with van der Waals surface area (Å²) in [6.07, 6.45) is 11.3. The first-order chi connectivity index (χ1) is 20.4. The first-order valence-corrected chi connectivity index (χ1v) is 13.8. The lowest BCUT2D eigenvalue weighted by Gasteiger charge is -2.31. The zero-order valence-electron chi connectivity index (χ0n) is 24.0. The Hall–Kier alpha value is -5.20. The number of ether oxygens (including phenoxy) is 2. The van der Waals surface area contributed by atoms with E-state index in [4.69, 9.17) is 22.3 Å². The molecule has 0 aliphatic rings. The van der Waals surface area contributed by atoms with Crippen molar-refractivity contribution in [2.75, 3.05) is 23.8 Å². The van der Waals surface area contributed by atoms with E-state index in [-0.39, 0.29) is 30.1 Å². The van der Waals surface area contributed by atoms with Gasteiger partial charge in [-0.1, -0.05) is 37.8 Å². The van der Waals surface area contributed by atoms with E-state index in [0.29, 0.717) is 24.6 Å². The van der Waals surface area contributed by atoms with E-state index in [1.165, 1.54) is 0 Å². The van der Waals surface area contributed by atoms with Crippen LogP contribution in [0.25, 0.3) is 0 Å². The van der Waals surface area contributed by atoms with Gasteiger partial charge in [0.15, 0.2) is 0 Å². The van der Waals surface area contributed by atoms with Crippen LogP contribution >= 0.6 is 0 Å². The lowest BCUT2D eigenvalue weighted by molar-refractivity contribution is 0.370. The van der Waals surface area contributed by atoms with Gasteiger partial charge in [-0.3, -0.25) is 0 Å². The summed E-state index contributed by atoms with van der Waals surface area (Å²) in [5.41, 5.74) is 5.17. The predicted octanol–water partition coefficient (Wildman–Crippen LogP) is 7.06. The van der Waals surface area contributed by atoms with Crippen LogP contribution in [0.2, 0.25) is 0 Å². The minimum Gasteiger partial charge on any atom is -0.508 e. The maximum absolute atomic E-state index is 10.6. The van der Waals surface area contributed by atoms with Crippen LogP contribution in [0.3, 0.4) is 0 Å². The smallest absolute Gasteiger partial charge is 0.148 e. The Morgan fingerprint density at radius 3 is 1.43 bits per heavy atom. The molecule has 0 amide bonds. The number of phenols is 2. The van der Waals surface area contributed by atoms with Crippen LogP contribution in [-0.4, -0.2) is 23.4 Å². The Labute approximate surface area is 248 Å². The maximum Gasteiger partial charge on any atom is 0.148 e. The monoisotopic (exact) mass is 560 g/mol. The van der Waals surface area contributed by atoms with E-state index in [9.17, 15) is 10.2 Å². The van der Waals surface area contributed by atoms with Crippen molar-refractivity contribution in [3.05, 3.63) is 107 Å². The van der Waals surface area contributed by atoms with E-state index in [1.807, 2.05) is 72.8 Å². The quantitative estimate of drug-likeness (QED) is 0.131. The average Bonchev–Trinajstić information content (AvgIpc) is 3.02. The van der Waals surface area contributed by atoms with Crippen LogP contribution < -0.4 is 20.1 Å². The first kappa shape index (κ1) is 29.8. The third kappa shape index (κ3) is 7.30. The van der Waals surface area contributed by atoms with Gasteiger partial charge in [-0.05, 0) is 90.3 Å². The molecule has 0 heterocycles. The van der Waals surface area contributed by atoms with E-state index in [0.717, 1.165) is 40.0 Å². The molecule has 0 aliphatic heterocycles. The molecule has 6 heteroatoms. The molecule has 0 saturated heterocycles. The predicted molar refractivity (Wildman–Crippen MR) is 169 cm³/mol. The van der Waals surface area contributed by atoms with Gasteiger partial charge < -0.3 is 30.3 Å². The van der Waals surface area contributed by atoms with Crippen LogP contribution in [0.5, 0.6) is 23.0 Å². The highest BCUT2D eigenvalue weighted by Gasteiger charge is 2.28. The zero-order chi connectivity index (χ0) is 30.0. The number of nitrogens with one attached hydrogen (secondary N) is 2. The van der Waals surface area contributed by atoms with Crippen molar-refractivity contribution in [3.63, 3.8) is 0 Å². The Kier molecular flexibility index (Phi) is 9.87. The number of hydrogen-bond donors (Lipinski definition) is 4. The fraction of sp³-hybridized carbons (Fsp3) is 0.222. The van der Waals surface area contributed by atoms with Crippen LogP contribution in [-0.2, 0) is 18.5 Å². The molecule has 4 N–H and O–H groups in total. The highest BCUT2D eigenvalue weighted by molar-refractivity contribution is 5.52. The van der Waals surface area contributed by atoms with Crippen molar-refractivity contribution >= 4 is 11.4 Å². The summed E-state index contributed by atoms with van der Waals surface area (Å²) in [7, 11) is 0. The zero-order valence-corrected chi connectivity index (χ0v) is 24.0. The van der Waals surface area contributed by atoms with Gasteiger partial charge in [0.2, 0.25) is 0 Å². The van der Waals surface area contributed by atoms with Gasteiger partial charge in [0.05, 0.1) is 0 Å². The van der Waals surface area contributed by atoms with Gasteiger partial charge in [-0.2, -0.15) is 0 Å². The third-order valence-corrected chi connectivity index (χ3v) is 7.46. The first-order valence-electron chi connectivity index (χ1n) is 13.8. The molecule has 0 aliphatic carbocycles. The minimum atomic E-state index is -0.350. The minimum absolute atomic E-state index is 0.223. The molecule has 0 spiro atoms. The summed E-state index contributed by atoms with van der Waals surface area (Å²) in [6.45, 7) is 5.66. The lowest BCUT2D eigenvalue weighted by atomic mass is 9.73. The second-order valence-electron chi connectivity index (χ2n) is 10.1. The number of rotatable bonds is 13. The van der Waals surface area contributed by atoms with E-state index in [2.05, 4.69) is 36.3 Å². The molecular formula is C36H36N2O4. The molecule has 214 valence electrons. The van der Waals surface area contributed by atoms with Gasteiger partial charge in [-0.25, -0.2) is 0 Å². The number of benzene rings is 4. The van der Waals surface area contributed by atoms with Crippen molar-refractivity contribution in [2.24, 2.45) is 0 Å². The Balaban J connectivity index is 1.49. The average molecular weight is 561 g/mol. The molecule has 0 unspecified atom stereocenters. The SMILES string of the molecule is C#CCOc1ccc(NCc2cc(C(C)(CC)c3ccc(O)c(CNc4ccc(OCC#C)cc4)c3)ccc2O)cc1. The van der Waals surface area contributed by atoms with Crippen LogP contribution in [0.1, 0.15) is 42.5 Å². The summed E-state index contributed by atoms with van der Waals surface area (Å²) in [5.74, 6) is 6.77. The lowest BCUT2D eigenvalue weighted by Crippen LogP contribution is -2.23. The fourth-order valence-corrected chi connectivity index (χ4v) is 4.70. The van der Waals surface area contributed by atoms with Crippen molar-refractivity contribution in [1.82, 2.24) is 0 Å². The van der Waals surface area contributed by atoms with Crippen molar-refractivity contribution in [1.29, 1.82) is 0 Å². The number of terminal acetylenes is 2. The van der Waals surface area contributed by atoms with Crippen LogP contribution in [0.4, 0.5) is 11.4 Å². The molecule has 42 heavy (non-hydrogen) atoms. The molecule has 0 atom stereocenters. The molecule has 0 fully saturated rings. The molecule has 4 rings (SSSR count). The third-order valence-electron chi connectivity index (χ3n) is 7.46. The Bertz CT molecular complexity index is 1450. The summed E-state index contributed by atoms with van der Waals surface area (Å²) in [4.78, 5) is 0. The fourth-order valence-electron chi connectivity index (χ4n) is 4.70. The number of aromatic hydroxyl groups is 2. The maximum atomic E-state index is 10.6. The van der Waals surface area contributed by atoms with Crippen LogP contribution in [0.15, 0.2) is 84.9 Å². The molecule has 0 radical (unpaired) electrons. The van der Waals surface area contributed by atoms with E-state index in [1.54, 1.807) is 12.1 Å². The van der Waals surface area contributed by atoms with Crippen molar-refractivity contribution < 1.29 is 19.7 Å². The van der Waals surface area contributed by atoms with Gasteiger partial charge in [0.1, 0.15) is 36.2 Å². The standard InChI is InChI=1S/C36H36N2O4/c1-5-20-41-32-14-10-30(11-15-32)37-24-26-22-28(8-18-34(26)39)36(4,7-3)29-9-19-35(40)27(23-29)25-38-31-12-16-33(17-13-31)42-21-6-2/h1-2,8-19,22-23,37-40H,7,20-21,24-25H2,3-4H3. The molecule has 0 aromatic heterocycles.